The molecule has 4 rings (SSSR count). The Hall–Kier alpha value is -2.12. The minimum atomic E-state index is 0.346. The second-order valence-electron chi connectivity index (χ2n) is 7.65. The molecule has 1 aliphatic rings. The van der Waals surface area contributed by atoms with Gasteiger partial charge in [0, 0.05) is 31.0 Å². The maximum Gasteiger partial charge on any atom is 0.175 e. The monoisotopic (exact) mass is 550 g/mol. The number of morpholine rings is 1. The third kappa shape index (κ3) is 6.27. The van der Waals surface area contributed by atoms with Crippen LogP contribution in [0.3, 0.4) is 0 Å². The molecule has 1 saturated heterocycles. The van der Waals surface area contributed by atoms with Crippen molar-refractivity contribution < 1.29 is 14.2 Å². The fraction of sp³-hybridized carbons (Fsp3) is 0.280. The lowest BCUT2D eigenvalue weighted by Gasteiger charge is -2.29. The quantitative estimate of drug-likeness (QED) is 0.334. The zero-order valence-corrected chi connectivity index (χ0v) is 21.3. The van der Waals surface area contributed by atoms with Crippen LogP contribution < -0.4 is 19.7 Å². The molecule has 0 amide bonds. The minimum absolute atomic E-state index is 0.346. The van der Waals surface area contributed by atoms with E-state index in [-0.39, 0.29) is 0 Å². The topological polar surface area (TPSA) is 43.0 Å². The van der Waals surface area contributed by atoms with Crippen LogP contribution in [0.5, 0.6) is 11.5 Å². The number of hydrogen-bond acceptors (Lipinski definition) is 5. The Bertz CT molecular complexity index is 1090. The first-order valence-electron chi connectivity index (χ1n) is 10.6. The van der Waals surface area contributed by atoms with Gasteiger partial charge in [0.2, 0.25) is 0 Å². The molecule has 0 aliphatic carbocycles. The van der Waals surface area contributed by atoms with Crippen LogP contribution in [0.25, 0.3) is 0 Å². The number of rotatable bonds is 8. The minimum Gasteiger partial charge on any atom is -0.493 e. The summed E-state index contributed by atoms with van der Waals surface area (Å²) in [7, 11) is 1.63. The number of hydrogen-bond donors (Lipinski definition) is 1. The van der Waals surface area contributed by atoms with Gasteiger partial charge in [0.15, 0.2) is 11.5 Å². The predicted octanol–water partition coefficient (Wildman–Crippen LogP) is 6.79. The Morgan fingerprint density at radius 3 is 2.42 bits per heavy atom. The van der Waals surface area contributed by atoms with Crippen molar-refractivity contribution in [2.24, 2.45) is 0 Å². The number of anilines is 2. The molecule has 0 saturated carbocycles. The van der Waals surface area contributed by atoms with Crippen molar-refractivity contribution in [2.75, 3.05) is 43.6 Å². The third-order valence-electron chi connectivity index (χ3n) is 5.40. The number of ether oxygens (including phenoxy) is 3. The number of nitrogens with zero attached hydrogens (tertiary/aromatic N) is 1. The van der Waals surface area contributed by atoms with E-state index >= 15 is 0 Å². The van der Waals surface area contributed by atoms with E-state index < -0.39 is 0 Å². The Labute approximate surface area is 212 Å². The molecule has 1 aliphatic heterocycles. The first kappa shape index (κ1) is 24.0. The summed E-state index contributed by atoms with van der Waals surface area (Å²) < 4.78 is 17.9. The van der Waals surface area contributed by atoms with Gasteiger partial charge in [0.25, 0.3) is 0 Å². The van der Waals surface area contributed by atoms with Crippen molar-refractivity contribution in [3.05, 3.63) is 80.2 Å². The fourth-order valence-electron chi connectivity index (χ4n) is 3.62. The van der Waals surface area contributed by atoms with Gasteiger partial charge in [-0.1, -0.05) is 29.3 Å². The van der Waals surface area contributed by atoms with Crippen LogP contribution in [-0.4, -0.2) is 33.4 Å². The molecule has 3 aromatic rings. The van der Waals surface area contributed by atoms with E-state index in [1.165, 1.54) is 5.69 Å². The first-order chi connectivity index (χ1) is 16.0. The molecule has 1 N–H and O–H groups in total. The molecule has 1 fully saturated rings. The average Bonchev–Trinajstić information content (AvgIpc) is 2.84. The van der Waals surface area contributed by atoms with E-state index in [4.69, 9.17) is 37.4 Å². The number of methoxy groups -OCH3 is 1. The van der Waals surface area contributed by atoms with E-state index in [0.29, 0.717) is 34.7 Å². The molecule has 1 heterocycles. The summed E-state index contributed by atoms with van der Waals surface area (Å²) in [6, 6.07) is 17.9. The Morgan fingerprint density at radius 2 is 1.73 bits per heavy atom. The molecule has 0 radical (unpaired) electrons. The largest absolute Gasteiger partial charge is 0.493 e. The molecule has 33 heavy (non-hydrogen) atoms. The molecule has 0 spiro atoms. The van der Waals surface area contributed by atoms with Crippen molar-refractivity contribution in [1.29, 1.82) is 0 Å². The molecule has 8 heteroatoms. The van der Waals surface area contributed by atoms with Crippen molar-refractivity contribution in [3.63, 3.8) is 0 Å². The Balaban J connectivity index is 1.39. The Kier molecular flexibility index (Phi) is 8.25. The zero-order chi connectivity index (χ0) is 23.2. The van der Waals surface area contributed by atoms with E-state index in [1.807, 2.05) is 18.2 Å². The van der Waals surface area contributed by atoms with Crippen molar-refractivity contribution >= 4 is 50.5 Å². The van der Waals surface area contributed by atoms with E-state index in [2.05, 4.69) is 50.4 Å². The number of halogens is 3. The molecule has 0 aromatic heterocycles. The first-order valence-corrected chi connectivity index (χ1v) is 12.2. The van der Waals surface area contributed by atoms with Gasteiger partial charge in [0.1, 0.15) is 6.61 Å². The van der Waals surface area contributed by atoms with Crippen LogP contribution in [-0.2, 0) is 17.9 Å². The molecule has 0 atom stereocenters. The summed E-state index contributed by atoms with van der Waals surface area (Å²) in [5.41, 5.74) is 4.27. The lowest BCUT2D eigenvalue weighted by atomic mass is 10.2. The molecule has 3 aromatic carbocycles. The molecule has 0 unspecified atom stereocenters. The highest BCUT2D eigenvalue weighted by Crippen LogP contribution is 2.37. The van der Waals surface area contributed by atoms with Crippen LogP contribution in [0.4, 0.5) is 11.4 Å². The van der Waals surface area contributed by atoms with Gasteiger partial charge in [-0.2, -0.15) is 0 Å². The Morgan fingerprint density at radius 1 is 0.970 bits per heavy atom. The molecular weight excluding hydrogens is 527 g/mol. The van der Waals surface area contributed by atoms with Crippen molar-refractivity contribution in [3.8, 4) is 11.5 Å². The van der Waals surface area contributed by atoms with Gasteiger partial charge in [-0.3, -0.25) is 0 Å². The van der Waals surface area contributed by atoms with Crippen molar-refractivity contribution in [2.45, 2.75) is 13.2 Å². The molecule has 5 nitrogen and oxygen atoms in total. The smallest absolute Gasteiger partial charge is 0.175 e. The maximum absolute atomic E-state index is 6.10. The summed E-state index contributed by atoms with van der Waals surface area (Å²) in [6.07, 6.45) is 0. The molecule has 174 valence electrons. The van der Waals surface area contributed by atoms with Gasteiger partial charge in [-0.05, 0) is 75.6 Å². The summed E-state index contributed by atoms with van der Waals surface area (Å²) >= 11 is 15.7. The lowest BCUT2D eigenvalue weighted by Crippen LogP contribution is -2.36. The number of nitrogens with one attached hydrogen (secondary N) is 1. The second-order valence-corrected chi connectivity index (χ2v) is 9.31. The van der Waals surface area contributed by atoms with E-state index in [1.54, 1.807) is 19.2 Å². The van der Waals surface area contributed by atoms with Crippen molar-refractivity contribution in [1.82, 2.24) is 0 Å². The summed E-state index contributed by atoms with van der Waals surface area (Å²) in [4.78, 5) is 2.34. The van der Waals surface area contributed by atoms with E-state index in [9.17, 15) is 0 Å². The predicted molar refractivity (Wildman–Crippen MR) is 138 cm³/mol. The van der Waals surface area contributed by atoms with Crippen LogP contribution in [0, 0.1) is 0 Å². The van der Waals surface area contributed by atoms with Crippen LogP contribution in [0.2, 0.25) is 10.0 Å². The van der Waals surface area contributed by atoms with Gasteiger partial charge in [-0.15, -0.1) is 0 Å². The third-order valence-corrected chi connectivity index (χ3v) is 6.72. The second kappa shape index (κ2) is 11.3. The van der Waals surface area contributed by atoms with Gasteiger partial charge >= 0.3 is 0 Å². The lowest BCUT2D eigenvalue weighted by molar-refractivity contribution is 0.122. The van der Waals surface area contributed by atoms with Crippen LogP contribution in [0.15, 0.2) is 59.1 Å². The standard InChI is InChI=1S/C25H25BrCl2N2O3/c1-31-24-14-18(12-21(26)25(24)33-16-17-2-7-22(27)23(28)13-17)15-29-19-3-5-20(6-4-19)30-8-10-32-11-9-30/h2-7,12-14,29H,8-11,15-16H2,1H3. The highest BCUT2D eigenvalue weighted by atomic mass is 79.9. The summed E-state index contributed by atoms with van der Waals surface area (Å²) in [6.45, 7) is 4.42. The van der Waals surface area contributed by atoms with Gasteiger partial charge in [0.05, 0.1) is 34.8 Å². The normalized spacial score (nSPS) is 13.6. The summed E-state index contributed by atoms with van der Waals surface area (Å²) in [5, 5.41) is 4.49. The van der Waals surface area contributed by atoms with E-state index in [0.717, 1.165) is 47.6 Å². The van der Waals surface area contributed by atoms with Crippen LogP contribution >= 0.6 is 39.1 Å². The molecular formula is C25H25BrCl2N2O3. The average molecular weight is 552 g/mol. The van der Waals surface area contributed by atoms with Gasteiger partial charge < -0.3 is 24.4 Å². The fourth-order valence-corrected chi connectivity index (χ4v) is 4.54. The highest BCUT2D eigenvalue weighted by molar-refractivity contribution is 9.10. The SMILES string of the molecule is COc1cc(CNc2ccc(N3CCOCC3)cc2)cc(Br)c1OCc1ccc(Cl)c(Cl)c1. The van der Waals surface area contributed by atoms with Gasteiger partial charge in [-0.25, -0.2) is 0 Å². The molecule has 0 bridgehead atoms. The summed E-state index contributed by atoms with van der Waals surface area (Å²) in [5.74, 6) is 1.30. The highest BCUT2D eigenvalue weighted by Gasteiger charge is 2.13. The van der Waals surface area contributed by atoms with Crippen LogP contribution in [0.1, 0.15) is 11.1 Å². The maximum atomic E-state index is 6.10. The zero-order valence-electron chi connectivity index (χ0n) is 18.2. The number of benzene rings is 3.